The van der Waals surface area contributed by atoms with Crippen LogP contribution in [0.4, 0.5) is 8.78 Å². The Balaban J connectivity index is 2.07. The van der Waals surface area contributed by atoms with E-state index in [1.165, 1.54) is 0 Å². The smallest absolute Gasteiger partial charge is 0.261 e. The number of hydrogen-bond donors (Lipinski definition) is 0. The highest BCUT2D eigenvalue weighted by atomic mass is 79.9. The van der Waals surface area contributed by atoms with E-state index in [1.807, 2.05) is 30.0 Å². The second-order valence-corrected chi connectivity index (χ2v) is 5.30. The summed E-state index contributed by atoms with van der Waals surface area (Å²) in [4.78, 5) is 1.81. The molecule has 0 N–H and O–H groups in total. The zero-order valence-electron chi connectivity index (χ0n) is 9.14. The van der Waals surface area contributed by atoms with Crippen molar-refractivity contribution in [3.8, 4) is 0 Å². The van der Waals surface area contributed by atoms with Crippen LogP contribution in [0.1, 0.15) is 17.5 Å². The Morgan fingerprint density at radius 2 is 2.19 bits per heavy atom. The quantitative estimate of drug-likeness (QED) is 0.804. The minimum Gasteiger partial charge on any atom is -0.293 e. The van der Waals surface area contributed by atoms with Gasteiger partial charge in [-0.3, -0.25) is 4.90 Å². The maximum atomic E-state index is 13.0. The zero-order valence-corrected chi connectivity index (χ0v) is 10.7. The highest BCUT2D eigenvalue weighted by Crippen LogP contribution is 2.28. The topological polar surface area (TPSA) is 3.24 Å². The molecule has 1 aromatic carbocycles. The first-order chi connectivity index (χ1) is 7.46. The number of halogens is 3. The fraction of sp³-hybridized carbons (Fsp3) is 0.500. The van der Waals surface area contributed by atoms with Gasteiger partial charge in [-0.2, -0.15) is 0 Å². The third-order valence-corrected chi connectivity index (χ3v) is 3.45. The predicted molar refractivity (Wildman–Crippen MR) is 63.7 cm³/mol. The van der Waals surface area contributed by atoms with Gasteiger partial charge < -0.3 is 0 Å². The van der Waals surface area contributed by atoms with Crippen LogP contribution in [0.25, 0.3) is 0 Å². The minimum absolute atomic E-state index is 0.0138. The summed E-state index contributed by atoms with van der Waals surface area (Å²) in [5, 5.41) is 0. The summed E-state index contributed by atoms with van der Waals surface area (Å²) in [6.45, 7) is 2.99. The van der Waals surface area contributed by atoms with Crippen molar-refractivity contribution in [3.63, 3.8) is 0 Å². The molecule has 1 aliphatic heterocycles. The van der Waals surface area contributed by atoms with E-state index in [-0.39, 0.29) is 13.0 Å². The molecule has 0 unspecified atom stereocenters. The minimum atomic E-state index is -2.50. The Hall–Kier alpha value is -0.480. The molecule has 1 saturated heterocycles. The van der Waals surface area contributed by atoms with Crippen LogP contribution in [0.15, 0.2) is 22.7 Å². The van der Waals surface area contributed by atoms with Crippen LogP contribution in [0.2, 0.25) is 0 Å². The number of rotatable bonds is 2. The Morgan fingerprint density at radius 3 is 2.81 bits per heavy atom. The average Bonchev–Trinajstić information content (AvgIpc) is 2.52. The molecule has 1 heterocycles. The molecule has 0 aromatic heterocycles. The average molecular weight is 290 g/mol. The highest BCUT2D eigenvalue weighted by molar-refractivity contribution is 9.10. The van der Waals surface area contributed by atoms with Gasteiger partial charge >= 0.3 is 0 Å². The number of likely N-dealkylation sites (tertiary alicyclic amines) is 1. The van der Waals surface area contributed by atoms with Crippen molar-refractivity contribution in [2.45, 2.75) is 25.8 Å². The normalized spacial score (nSPS) is 20.2. The molecular weight excluding hydrogens is 276 g/mol. The molecule has 0 radical (unpaired) electrons. The molecule has 88 valence electrons. The molecule has 0 amide bonds. The van der Waals surface area contributed by atoms with Crippen molar-refractivity contribution in [2.75, 3.05) is 13.1 Å². The van der Waals surface area contributed by atoms with E-state index < -0.39 is 5.92 Å². The van der Waals surface area contributed by atoms with Crippen molar-refractivity contribution >= 4 is 15.9 Å². The zero-order chi connectivity index (χ0) is 11.8. The number of alkyl halides is 2. The fourth-order valence-corrected chi connectivity index (χ4v) is 2.40. The lowest BCUT2D eigenvalue weighted by atomic mass is 10.1. The summed E-state index contributed by atoms with van der Waals surface area (Å²) in [6.07, 6.45) is -0.0138. The molecule has 0 saturated carbocycles. The van der Waals surface area contributed by atoms with Crippen LogP contribution in [0, 0.1) is 6.92 Å². The van der Waals surface area contributed by atoms with Gasteiger partial charge in [-0.25, -0.2) is 8.78 Å². The van der Waals surface area contributed by atoms with Crippen molar-refractivity contribution < 1.29 is 8.78 Å². The van der Waals surface area contributed by atoms with Crippen LogP contribution in [0.5, 0.6) is 0 Å². The molecule has 1 nitrogen and oxygen atoms in total. The van der Waals surface area contributed by atoms with Gasteiger partial charge in [-0.05, 0) is 30.2 Å². The van der Waals surface area contributed by atoms with Crippen LogP contribution < -0.4 is 0 Å². The molecule has 0 spiro atoms. The summed E-state index contributed by atoms with van der Waals surface area (Å²) in [5.74, 6) is -2.50. The molecular formula is C12H14BrF2N. The van der Waals surface area contributed by atoms with E-state index in [2.05, 4.69) is 15.9 Å². The molecule has 4 heteroatoms. The van der Waals surface area contributed by atoms with Crippen molar-refractivity contribution in [3.05, 3.63) is 33.8 Å². The van der Waals surface area contributed by atoms with Gasteiger partial charge in [0.1, 0.15) is 0 Å². The van der Waals surface area contributed by atoms with E-state index in [1.54, 1.807) is 0 Å². The molecule has 1 aromatic rings. The lowest BCUT2D eigenvalue weighted by molar-refractivity contribution is 0.0115. The number of hydrogen-bond acceptors (Lipinski definition) is 1. The van der Waals surface area contributed by atoms with E-state index in [4.69, 9.17) is 0 Å². The van der Waals surface area contributed by atoms with E-state index in [0.717, 1.165) is 15.6 Å². The van der Waals surface area contributed by atoms with Crippen molar-refractivity contribution in [1.29, 1.82) is 0 Å². The van der Waals surface area contributed by atoms with Crippen LogP contribution in [-0.2, 0) is 6.54 Å². The number of nitrogens with zero attached hydrogens (tertiary/aromatic N) is 1. The van der Waals surface area contributed by atoms with Crippen molar-refractivity contribution in [1.82, 2.24) is 4.90 Å². The summed E-state index contributed by atoms with van der Waals surface area (Å²) >= 11 is 3.40. The first-order valence-corrected chi connectivity index (χ1v) is 6.11. The van der Waals surface area contributed by atoms with Crippen LogP contribution in [0.3, 0.4) is 0 Å². The van der Waals surface area contributed by atoms with Crippen molar-refractivity contribution in [2.24, 2.45) is 0 Å². The molecule has 1 fully saturated rings. The Morgan fingerprint density at radius 1 is 1.44 bits per heavy atom. The molecule has 0 bridgehead atoms. The van der Waals surface area contributed by atoms with E-state index in [0.29, 0.717) is 13.1 Å². The maximum absolute atomic E-state index is 13.0. The number of benzene rings is 1. The summed E-state index contributed by atoms with van der Waals surface area (Å²) in [7, 11) is 0. The van der Waals surface area contributed by atoms with Gasteiger partial charge in [0, 0.05) is 24.0 Å². The molecule has 0 aliphatic carbocycles. The predicted octanol–water partition coefficient (Wildman–Crippen LogP) is 3.60. The van der Waals surface area contributed by atoms with Crippen LogP contribution >= 0.6 is 15.9 Å². The van der Waals surface area contributed by atoms with Gasteiger partial charge in [-0.15, -0.1) is 0 Å². The van der Waals surface area contributed by atoms with Gasteiger partial charge in [0.15, 0.2) is 0 Å². The summed E-state index contributed by atoms with van der Waals surface area (Å²) in [6, 6.07) is 5.98. The monoisotopic (exact) mass is 289 g/mol. The SMILES string of the molecule is Cc1ccc(Br)cc1CN1CCC(F)(F)C1. The summed E-state index contributed by atoms with van der Waals surface area (Å²) < 4.78 is 27.1. The lowest BCUT2D eigenvalue weighted by Crippen LogP contribution is -2.25. The lowest BCUT2D eigenvalue weighted by Gasteiger charge is -2.17. The molecule has 2 rings (SSSR count). The molecule has 1 aliphatic rings. The third kappa shape index (κ3) is 2.80. The largest absolute Gasteiger partial charge is 0.293 e. The first kappa shape index (κ1) is 12.0. The van der Waals surface area contributed by atoms with E-state index >= 15 is 0 Å². The Bertz CT molecular complexity index is 393. The fourth-order valence-electron chi connectivity index (χ4n) is 1.99. The Kier molecular flexibility index (Phi) is 3.31. The van der Waals surface area contributed by atoms with Gasteiger partial charge in [-0.1, -0.05) is 22.0 Å². The third-order valence-electron chi connectivity index (χ3n) is 2.95. The maximum Gasteiger partial charge on any atom is 0.261 e. The molecule has 0 atom stereocenters. The second-order valence-electron chi connectivity index (χ2n) is 4.39. The van der Waals surface area contributed by atoms with Crippen LogP contribution in [-0.4, -0.2) is 23.9 Å². The van der Waals surface area contributed by atoms with Gasteiger partial charge in [0.05, 0.1) is 6.54 Å². The van der Waals surface area contributed by atoms with Gasteiger partial charge in [0.2, 0.25) is 0 Å². The van der Waals surface area contributed by atoms with E-state index in [9.17, 15) is 8.78 Å². The first-order valence-electron chi connectivity index (χ1n) is 5.31. The number of aryl methyl sites for hydroxylation is 1. The van der Waals surface area contributed by atoms with Gasteiger partial charge in [0.25, 0.3) is 5.92 Å². The summed E-state index contributed by atoms with van der Waals surface area (Å²) in [5.41, 5.74) is 2.27. The molecule has 16 heavy (non-hydrogen) atoms. The second kappa shape index (κ2) is 4.41. The standard InChI is InChI=1S/C12H14BrF2N/c1-9-2-3-11(13)6-10(9)7-16-5-4-12(14,15)8-16/h2-3,6H,4-5,7-8H2,1H3. The Labute approximate surface area is 103 Å². The highest BCUT2D eigenvalue weighted by Gasteiger charge is 2.37.